The summed E-state index contributed by atoms with van der Waals surface area (Å²) in [5, 5.41) is 8.05. The van der Waals surface area contributed by atoms with Gasteiger partial charge in [-0.2, -0.15) is 14.6 Å². The minimum atomic E-state index is 0.697. The highest BCUT2D eigenvalue weighted by Crippen LogP contribution is 2.34. The van der Waals surface area contributed by atoms with Gasteiger partial charge in [-0.3, -0.25) is 0 Å². The van der Waals surface area contributed by atoms with Crippen LogP contribution in [-0.4, -0.2) is 26.7 Å². The Hall–Kier alpha value is -2.63. The molecule has 0 unspecified atom stereocenters. The monoisotopic (exact) mass is 379 g/mol. The van der Waals surface area contributed by atoms with Crippen molar-refractivity contribution in [3.05, 3.63) is 40.8 Å². The Labute approximate surface area is 166 Å². The number of nitrogens with zero attached hydrogens (tertiary/aromatic N) is 4. The van der Waals surface area contributed by atoms with Crippen molar-refractivity contribution in [3.8, 4) is 5.75 Å². The minimum Gasteiger partial charge on any atom is -0.497 e. The Morgan fingerprint density at radius 3 is 2.54 bits per heavy atom. The second kappa shape index (κ2) is 7.78. The predicted octanol–water partition coefficient (Wildman–Crippen LogP) is 4.92. The van der Waals surface area contributed by atoms with Gasteiger partial charge in [-0.05, 0) is 62.8 Å². The first-order chi connectivity index (χ1) is 13.5. The molecule has 0 radical (unpaired) electrons. The fourth-order valence-electron chi connectivity index (χ4n) is 3.79. The Morgan fingerprint density at radius 2 is 1.86 bits per heavy atom. The quantitative estimate of drug-likeness (QED) is 0.563. The standard InChI is InChI=1S/C22H29N5O/c1-14-11-19(28-4)12-15(2)20(14)26-22-25-16(3)24-21-18(13-23-27(21)22)8-6-5-7-17-9-10-17/h11-13,17H,5-10H2,1-4H3,(H,24,25,26). The maximum Gasteiger partial charge on any atom is 0.232 e. The molecule has 0 atom stereocenters. The molecular weight excluding hydrogens is 350 g/mol. The first-order valence-electron chi connectivity index (χ1n) is 10.2. The van der Waals surface area contributed by atoms with Crippen LogP contribution < -0.4 is 10.1 Å². The van der Waals surface area contributed by atoms with Crippen molar-refractivity contribution >= 4 is 17.3 Å². The molecule has 6 nitrogen and oxygen atoms in total. The zero-order valence-electron chi connectivity index (χ0n) is 17.2. The van der Waals surface area contributed by atoms with Gasteiger partial charge in [0.15, 0.2) is 5.65 Å². The molecule has 1 N–H and O–H groups in total. The molecule has 2 aromatic heterocycles. The van der Waals surface area contributed by atoms with Gasteiger partial charge < -0.3 is 10.1 Å². The van der Waals surface area contributed by atoms with Gasteiger partial charge in [-0.1, -0.05) is 25.7 Å². The molecular formula is C22H29N5O. The van der Waals surface area contributed by atoms with Gasteiger partial charge in [0.05, 0.1) is 13.3 Å². The van der Waals surface area contributed by atoms with Crippen LogP contribution in [0.5, 0.6) is 5.75 Å². The predicted molar refractivity (Wildman–Crippen MR) is 112 cm³/mol. The van der Waals surface area contributed by atoms with Gasteiger partial charge in [0.2, 0.25) is 5.95 Å². The molecule has 0 bridgehead atoms. The molecule has 1 saturated carbocycles. The van der Waals surface area contributed by atoms with E-state index in [4.69, 9.17) is 4.74 Å². The van der Waals surface area contributed by atoms with Crippen LogP contribution >= 0.6 is 0 Å². The number of anilines is 2. The van der Waals surface area contributed by atoms with Crippen LogP contribution in [-0.2, 0) is 6.42 Å². The molecule has 28 heavy (non-hydrogen) atoms. The van der Waals surface area contributed by atoms with Gasteiger partial charge in [0.1, 0.15) is 11.6 Å². The van der Waals surface area contributed by atoms with Crippen molar-refractivity contribution in [2.75, 3.05) is 12.4 Å². The smallest absolute Gasteiger partial charge is 0.232 e. The van der Waals surface area contributed by atoms with E-state index in [2.05, 4.69) is 34.2 Å². The maximum absolute atomic E-state index is 5.37. The normalized spacial score (nSPS) is 13.9. The SMILES string of the molecule is COc1cc(C)c(Nc2nc(C)nc3c(CCCCC4CC4)cnn23)c(C)c1. The van der Waals surface area contributed by atoms with Crippen molar-refractivity contribution in [1.82, 2.24) is 19.6 Å². The molecule has 1 aliphatic carbocycles. The molecule has 6 heteroatoms. The number of nitrogens with one attached hydrogen (secondary N) is 1. The first-order valence-corrected chi connectivity index (χ1v) is 10.2. The van der Waals surface area contributed by atoms with E-state index in [1.54, 1.807) is 7.11 Å². The first kappa shape index (κ1) is 18.7. The summed E-state index contributed by atoms with van der Waals surface area (Å²) in [6.45, 7) is 6.07. The minimum absolute atomic E-state index is 0.697. The van der Waals surface area contributed by atoms with E-state index in [1.165, 1.54) is 37.7 Å². The zero-order valence-corrected chi connectivity index (χ0v) is 17.2. The number of ether oxygens (including phenoxy) is 1. The average Bonchev–Trinajstić information content (AvgIpc) is 3.41. The van der Waals surface area contributed by atoms with Crippen LogP contribution in [0.1, 0.15) is 54.6 Å². The molecule has 0 spiro atoms. The van der Waals surface area contributed by atoms with Crippen molar-refractivity contribution in [2.24, 2.45) is 5.92 Å². The average molecular weight is 380 g/mol. The molecule has 3 aromatic rings. The number of rotatable bonds is 8. The second-order valence-electron chi connectivity index (χ2n) is 7.95. The van der Waals surface area contributed by atoms with E-state index in [0.717, 1.165) is 46.4 Å². The van der Waals surface area contributed by atoms with Gasteiger partial charge in [0.25, 0.3) is 0 Å². The summed E-state index contributed by atoms with van der Waals surface area (Å²) >= 11 is 0. The Kier molecular flexibility index (Phi) is 5.20. The summed E-state index contributed by atoms with van der Waals surface area (Å²) in [6.07, 6.45) is 9.69. The summed E-state index contributed by atoms with van der Waals surface area (Å²) in [5.74, 6) is 3.30. The topological polar surface area (TPSA) is 64.3 Å². The maximum atomic E-state index is 5.37. The largest absolute Gasteiger partial charge is 0.497 e. The van der Waals surface area contributed by atoms with E-state index in [9.17, 15) is 0 Å². The van der Waals surface area contributed by atoms with Crippen LogP contribution in [0.4, 0.5) is 11.6 Å². The summed E-state index contributed by atoms with van der Waals surface area (Å²) in [6, 6.07) is 4.05. The number of benzene rings is 1. The molecule has 0 amide bonds. The third-order valence-electron chi connectivity index (χ3n) is 5.54. The second-order valence-corrected chi connectivity index (χ2v) is 7.95. The number of aryl methyl sites for hydroxylation is 4. The van der Waals surface area contributed by atoms with E-state index in [0.29, 0.717) is 5.95 Å². The van der Waals surface area contributed by atoms with E-state index in [1.807, 2.05) is 29.8 Å². The van der Waals surface area contributed by atoms with Crippen LogP contribution in [0, 0.1) is 26.7 Å². The Bertz CT molecular complexity index is 967. The number of hydrogen-bond donors (Lipinski definition) is 1. The highest BCUT2D eigenvalue weighted by Gasteiger charge is 2.20. The molecule has 1 fully saturated rings. The fourth-order valence-corrected chi connectivity index (χ4v) is 3.79. The highest BCUT2D eigenvalue weighted by atomic mass is 16.5. The third kappa shape index (κ3) is 3.96. The number of unbranched alkanes of at least 4 members (excludes halogenated alkanes) is 1. The number of hydrogen-bond acceptors (Lipinski definition) is 5. The molecule has 0 aliphatic heterocycles. The Morgan fingerprint density at radius 1 is 1.11 bits per heavy atom. The van der Waals surface area contributed by atoms with Gasteiger partial charge >= 0.3 is 0 Å². The van der Waals surface area contributed by atoms with E-state index < -0.39 is 0 Å². The van der Waals surface area contributed by atoms with E-state index >= 15 is 0 Å². The van der Waals surface area contributed by atoms with Crippen LogP contribution in [0.15, 0.2) is 18.3 Å². The third-order valence-corrected chi connectivity index (χ3v) is 5.54. The molecule has 2 heterocycles. The lowest BCUT2D eigenvalue weighted by atomic mass is 10.1. The molecule has 1 aliphatic rings. The summed E-state index contributed by atoms with van der Waals surface area (Å²) < 4.78 is 7.19. The van der Waals surface area contributed by atoms with Crippen LogP contribution in [0.25, 0.3) is 5.65 Å². The molecule has 4 rings (SSSR count). The molecule has 1 aromatic carbocycles. The van der Waals surface area contributed by atoms with Gasteiger partial charge in [-0.15, -0.1) is 0 Å². The zero-order chi connectivity index (χ0) is 19.7. The van der Waals surface area contributed by atoms with Crippen LogP contribution in [0.3, 0.4) is 0 Å². The van der Waals surface area contributed by atoms with Crippen molar-refractivity contribution in [2.45, 2.75) is 59.3 Å². The van der Waals surface area contributed by atoms with E-state index in [-0.39, 0.29) is 0 Å². The van der Waals surface area contributed by atoms with Crippen molar-refractivity contribution < 1.29 is 4.74 Å². The summed E-state index contributed by atoms with van der Waals surface area (Å²) in [4.78, 5) is 9.28. The molecule has 148 valence electrons. The van der Waals surface area contributed by atoms with Crippen molar-refractivity contribution in [1.29, 1.82) is 0 Å². The van der Waals surface area contributed by atoms with Gasteiger partial charge in [0, 0.05) is 11.3 Å². The lowest BCUT2D eigenvalue weighted by Gasteiger charge is -2.15. The highest BCUT2D eigenvalue weighted by molar-refractivity contribution is 5.66. The van der Waals surface area contributed by atoms with Gasteiger partial charge in [-0.25, -0.2) is 4.98 Å². The van der Waals surface area contributed by atoms with Crippen LogP contribution in [0.2, 0.25) is 0 Å². The summed E-state index contributed by atoms with van der Waals surface area (Å²) in [5.41, 5.74) is 5.35. The number of fused-ring (bicyclic) bond motifs is 1. The fraction of sp³-hybridized carbons (Fsp3) is 0.500. The molecule has 0 saturated heterocycles. The lowest BCUT2D eigenvalue weighted by Crippen LogP contribution is -2.08. The van der Waals surface area contributed by atoms with Crippen molar-refractivity contribution in [3.63, 3.8) is 0 Å². The number of methoxy groups -OCH3 is 1. The number of aromatic nitrogens is 4. The lowest BCUT2D eigenvalue weighted by molar-refractivity contribution is 0.414. The summed E-state index contributed by atoms with van der Waals surface area (Å²) in [7, 11) is 1.69. The Balaban J connectivity index is 1.59.